The molecule has 286 valence electrons. The predicted molar refractivity (Wildman–Crippen MR) is 257 cm³/mol. The van der Waals surface area contributed by atoms with Crippen LogP contribution in [0.2, 0.25) is 0 Å². The SMILES string of the molecule is c1ccc(-c2ccccc2N(c2ccc(-c3ccccc3-n3c4ccccc4c4ccccc43)cc2)c2cccc(-c3cccc4oc5c6ccccc6ccc5c34)c2)cc1. The number of nitrogens with zero attached hydrogens (tertiary/aromatic N) is 2. The van der Waals surface area contributed by atoms with E-state index in [1.165, 1.54) is 32.8 Å². The van der Waals surface area contributed by atoms with Gasteiger partial charge in [0.2, 0.25) is 0 Å². The zero-order chi connectivity index (χ0) is 40.3. The second-order valence-corrected chi connectivity index (χ2v) is 15.6. The van der Waals surface area contributed by atoms with Crippen molar-refractivity contribution in [3.05, 3.63) is 231 Å². The van der Waals surface area contributed by atoms with Gasteiger partial charge in [-0.25, -0.2) is 0 Å². The predicted octanol–water partition coefficient (Wildman–Crippen LogP) is 16.3. The maximum absolute atomic E-state index is 6.62. The van der Waals surface area contributed by atoms with Gasteiger partial charge in [-0.15, -0.1) is 0 Å². The van der Waals surface area contributed by atoms with Crippen molar-refractivity contribution in [2.75, 3.05) is 4.90 Å². The minimum Gasteiger partial charge on any atom is -0.455 e. The Hall–Kier alpha value is -8.14. The molecule has 61 heavy (non-hydrogen) atoms. The molecule has 0 aliphatic carbocycles. The Morgan fingerprint density at radius 1 is 0.361 bits per heavy atom. The third-order valence-electron chi connectivity index (χ3n) is 12.2. The summed E-state index contributed by atoms with van der Waals surface area (Å²) < 4.78 is 9.03. The highest BCUT2D eigenvalue weighted by atomic mass is 16.3. The fourth-order valence-electron chi connectivity index (χ4n) is 9.45. The first-order valence-electron chi connectivity index (χ1n) is 20.8. The standard InChI is InChI=1S/C58H38N2O/c1-2-16-39(17-3-1)45-21-6-10-27-52(45)59(44-20-14-19-42(38-44)47-26-15-31-56-57(47)51-37-34-40-18-4-5-23-48(40)58(51)61-56)43-35-32-41(33-36-43)46-22-7-11-28-53(46)60-54-29-12-8-24-49(54)50-25-9-13-30-55(50)60/h1-38H. The lowest BCUT2D eigenvalue weighted by molar-refractivity contribution is 0.673. The smallest absolute Gasteiger partial charge is 0.143 e. The molecule has 0 saturated carbocycles. The summed E-state index contributed by atoms with van der Waals surface area (Å²) in [6.45, 7) is 0. The van der Waals surface area contributed by atoms with E-state index in [-0.39, 0.29) is 0 Å². The zero-order valence-electron chi connectivity index (χ0n) is 33.2. The van der Waals surface area contributed by atoms with Gasteiger partial charge in [0.05, 0.1) is 22.4 Å². The normalized spacial score (nSPS) is 11.6. The molecule has 0 spiro atoms. The zero-order valence-corrected chi connectivity index (χ0v) is 33.2. The number of anilines is 3. The first-order valence-corrected chi connectivity index (χ1v) is 20.8. The second-order valence-electron chi connectivity index (χ2n) is 15.6. The molecule has 0 unspecified atom stereocenters. The van der Waals surface area contributed by atoms with Crippen molar-refractivity contribution < 1.29 is 4.42 Å². The van der Waals surface area contributed by atoms with E-state index < -0.39 is 0 Å². The summed E-state index contributed by atoms with van der Waals surface area (Å²) in [7, 11) is 0. The fourth-order valence-corrected chi connectivity index (χ4v) is 9.45. The molecule has 0 saturated heterocycles. The molecule has 0 N–H and O–H groups in total. The molecule has 0 fully saturated rings. The summed E-state index contributed by atoms with van der Waals surface area (Å²) in [4.78, 5) is 2.40. The van der Waals surface area contributed by atoms with Crippen LogP contribution >= 0.6 is 0 Å². The Balaban J connectivity index is 1.02. The molecule has 0 radical (unpaired) electrons. The highest BCUT2D eigenvalue weighted by Crippen LogP contribution is 2.45. The van der Waals surface area contributed by atoms with Gasteiger partial charge in [-0.3, -0.25) is 0 Å². The summed E-state index contributed by atoms with van der Waals surface area (Å²) >= 11 is 0. The Labute approximate surface area is 353 Å². The van der Waals surface area contributed by atoms with Crippen molar-refractivity contribution in [2.45, 2.75) is 0 Å². The van der Waals surface area contributed by atoms with Gasteiger partial charge >= 0.3 is 0 Å². The molecule has 0 bridgehead atoms. The third-order valence-corrected chi connectivity index (χ3v) is 12.2. The fraction of sp³-hybridized carbons (Fsp3) is 0. The van der Waals surface area contributed by atoms with Gasteiger partial charge in [0.15, 0.2) is 0 Å². The Bertz CT molecular complexity index is 3540. The molecule has 2 heterocycles. The van der Waals surface area contributed by atoms with Crippen molar-refractivity contribution in [1.29, 1.82) is 0 Å². The lowest BCUT2D eigenvalue weighted by Crippen LogP contribution is -2.11. The number of rotatable bonds is 7. The summed E-state index contributed by atoms with van der Waals surface area (Å²) in [6.07, 6.45) is 0. The van der Waals surface area contributed by atoms with E-state index in [0.717, 1.165) is 77.9 Å². The molecule has 0 amide bonds. The minimum atomic E-state index is 0.886. The van der Waals surface area contributed by atoms with Crippen LogP contribution in [0.4, 0.5) is 17.1 Å². The van der Waals surface area contributed by atoms with Crippen molar-refractivity contribution >= 4 is 71.6 Å². The monoisotopic (exact) mass is 778 g/mol. The number of benzene rings is 10. The van der Waals surface area contributed by atoms with Gasteiger partial charge in [0, 0.05) is 49.4 Å². The maximum atomic E-state index is 6.62. The van der Waals surface area contributed by atoms with Crippen molar-refractivity contribution in [3.8, 4) is 39.1 Å². The van der Waals surface area contributed by atoms with Crippen LogP contribution in [0.25, 0.3) is 93.6 Å². The summed E-state index contributed by atoms with van der Waals surface area (Å²) in [5, 5.41) is 7.06. The average Bonchev–Trinajstić information content (AvgIpc) is 3.89. The third kappa shape index (κ3) is 5.74. The van der Waals surface area contributed by atoms with Crippen LogP contribution in [0.15, 0.2) is 235 Å². The number of fused-ring (bicyclic) bond motifs is 8. The maximum Gasteiger partial charge on any atom is 0.143 e. The average molecular weight is 779 g/mol. The second kappa shape index (κ2) is 14.3. The van der Waals surface area contributed by atoms with E-state index in [0.29, 0.717) is 0 Å². The number of para-hydroxylation sites is 4. The number of hydrogen-bond donors (Lipinski definition) is 0. The van der Waals surface area contributed by atoms with Gasteiger partial charge in [-0.2, -0.15) is 0 Å². The van der Waals surface area contributed by atoms with E-state index in [1.807, 2.05) is 0 Å². The summed E-state index contributed by atoms with van der Waals surface area (Å²) in [5.74, 6) is 0. The number of aromatic nitrogens is 1. The topological polar surface area (TPSA) is 21.3 Å². The highest BCUT2D eigenvalue weighted by Gasteiger charge is 2.21. The minimum absolute atomic E-state index is 0.886. The lowest BCUT2D eigenvalue weighted by Gasteiger charge is -2.28. The van der Waals surface area contributed by atoms with Crippen LogP contribution in [-0.2, 0) is 0 Å². The van der Waals surface area contributed by atoms with Gasteiger partial charge in [-0.1, -0.05) is 170 Å². The Morgan fingerprint density at radius 3 is 1.77 bits per heavy atom. The largest absolute Gasteiger partial charge is 0.455 e. The number of hydrogen-bond acceptors (Lipinski definition) is 2. The molecule has 2 aromatic heterocycles. The molecule has 10 aromatic carbocycles. The van der Waals surface area contributed by atoms with Crippen LogP contribution < -0.4 is 4.90 Å². The van der Waals surface area contributed by atoms with E-state index in [2.05, 4.69) is 240 Å². The molecular weight excluding hydrogens is 741 g/mol. The van der Waals surface area contributed by atoms with Crippen LogP contribution in [0, 0.1) is 0 Å². The molecular formula is C58H38N2O. The first-order chi connectivity index (χ1) is 30.3. The van der Waals surface area contributed by atoms with Crippen LogP contribution in [0.3, 0.4) is 0 Å². The van der Waals surface area contributed by atoms with Crippen LogP contribution in [0.1, 0.15) is 0 Å². The lowest BCUT2D eigenvalue weighted by atomic mass is 9.97. The van der Waals surface area contributed by atoms with Crippen LogP contribution in [0.5, 0.6) is 0 Å². The molecule has 0 atom stereocenters. The quantitative estimate of drug-likeness (QED) is 0.161. The first kappa shape index (κ1) is 34.9. The summed E-state index contributed by atoms with van der Waals surface area (Å²) in [6, 6.07) is 82.8. The summed E-state index contributed by atoms with van der Waals surface area (Å²) in [5.41, 5.74) is 15.5. The molecule has 3 heteroatoms. The molecule has 12 rings (SSSR count). The molecule has 0 aliphatic heterocycles. The van der Waals surface area contributed by atoms with Gasteiger partial charge in [-0.05, 0) is 88.3 Å². The van der Waals surface area contributed by atoms with Crippen molar-refractivity contribution in [1.82, 2.24) is 4.57 Å². The van der Waals surface area contributed by atoms with Gasteiger partial charge in [0.1, 0.15) is 11.2 Å². The van der Waals surface area contributed by atoms with Crippen molar-refractivity contribution in [2.24, 2.45) is 0 Å². The Kier molecular flexibility index (Phi) is 8.17. The van der Waals surface area contributed by atoms with E-state index in [4.69, 9.17) is 4.42 Å². The molecule has 3 nitrogen and oxygen atoms in total. The van der Waals surface area contributed by atoms with Crippen molar-refractivity contribution in [3.63, 3.8) is 0 Å². The van der Waals surface area contributed by atoms with E-state index in [1.54, 1.807) is 0 Å². The van der Waals surface area contributed by atoms with E-state index in [9.17, 15) is 0 Å². The highest BCUT2D eigenvalue weighted by molar-refractivity contribution is 6.19. The molecule has 12 aromatic rings. The van der Waals surface area contributed by atoms with Gasteiger partial charge in [0.25, 0.3) is 0 Å². The van der Waals surface area contributed by atoms with Gasteiger partial charge < -0.3 is 13.9 Å². The van der Waals surface area contributed by atoms with Crippen LogP contribution in [-0.4, -0.2) is 4.57 Å². The Morgan fingerprint density at radius 2 is 0.967 bits per heavy atom. The molecule has 0 aliphatic rings. The van der Waals surface area contributed by atoms with E-state index >= 15 is 0 Å². The number of furan rings is 1.